The SMILES string of the molecule is O=C(O)[C@@H]1C[C@H](O)CN1C(=O)NC1CCCCC1O. The number of aliphatic hydroxyl groups excluding tert-OH is 2. The van der Waals surface area contributed by atoms with Crippen LogP contribution in [-0.4, -0.2) is 63.1 Å². The molecule has 7 nitrogen and oxygen atoms in total. The molecule has 0 aromatic heterocycles. The van der Waals surface area contributed by atoms with Gasteiger partial charge in [0, 0.05) is 13.0 Å². The maximum Gasteiger partial charge on any atom is 0.326 e. The number of nitrogens with one attached hydrogen (secondary N) is 1. The van der Waals surface area contributed by atoms with Gasteiger partial charge in [0.2, 0.25) is 0 Å². The Kier molecular flexibility index (Phi) is 4.26. The Morgan fingerprint density at radius 2 is 1.84 bits per heavy atom. The molecule has 4 N–H and O–H groups in total. The first-order chi connectivity index (χ1) is 8.99. The third-order valence-corrected chi connectivity index (χ3v) is 3.86. The largest absolute Gasteiger partial charge is 0.480 e. The number of carboxylic acid groups (broad SMARTS) is 1. The molecule has 1 saturated carbocycles. The van der Waals surface area contributed by atoms with Gasteiger partial charge in [0.1, 0.15) is 6.04 Å². The van der Waals surface area contributed by atoms with Crippen LogP contribution in [0.25, 0.3) is 0 Å². The fourth-order valence-corrected chi connectivity index (χ4v) is 2.79. The van der Waals surface area contributed by atoms with Gasteiger partial charge in [0.15, 0.2) is 0 Å². The number of hydrogen-bond acceptors (Lipinski definition) is 4. The summed E-state index contributed by atoms with van der Waals surface area (Å²) in [5, 5.41) is 31.0. The number of rotatable bonds is 2. The molecule has 1 heterocycles. The molecule has 2 amide bonds. The van der Waals surface area contributed by atoms with E-state index in [1.54, 1.807) is 0 Å². The fourth-order valence-electron chi connectivity index (χ4n) is 2.79. The number of nitrogens with zero attached hydrogens (tertiary/aromatic N) is 1. The lowest BCUT2D eigenvalue weighted by molar-refractivity contribution is -0.141. The first-order valence-corrected chi connectivity index (χ1v) is 6.65. The van der Waals surface area contributed by atoms with E-state index in [9.17, 15) is 19.8 Å². The van der Waals surface area contributed by atoms with Gasteiger partial charge in [-0.2, -0.15) is 0 Å². The molecule has 19 heavy (non-hydrogen) atoms. The van der Waals surface area contributed by atoms with Crippen LogP contribution in [0.4, 0.5) is 4.79 Å². The summed E-state index contributed by atoms with van der Waals surface area (Å²) in [6, 6.07) is -1.83. The number of carbonyl (C=O) groups is 2. The van der Waals surface area contributed by atoms with E-state index in [1.165, 1.54) is 0 Å². The van der Waals surface area contributed by atoms with E-state index in [2.05, 4.69) is 5.32 Å². The van der Waals surface area contributed by atoms with E-state index in [-0.39, 0.29) is 19.0 Å². The van der Waals surface area contributed by atoms with Gasteiger partial charge in [-0.25, -0.2) is 9.59 Å². The Hall–Kier alpha value is -1.34. The smallest absolute Gasteiger partial charge is 0.326 e. The van der Waals surface area contributed by atoms with Gasteiger partial charge in [-0.15, -0.1) is 0 Å². The highest BCUT2D eigenvalue weighted by Crippen LogP contribution is 2.21. The highest BCUT2D eigenvalue weighted by molar-refractivity contribution is 5.83. The molecule has 108 valence electrons. The quantitative estimate of drug-likeness (QED) is 0.542. The Balaban J connectivity index is 1.96. The van der Waals surface area contributed by atoms with Crippen LogP contribution in [0.5, 0.6) is 0 Å². The molecule has 0 aromatic rings. The lowest BCUT2D eigenvalue weighted by atomic mass is 9.93. The Morgan fingerprint density at radius 1 is 1.16 bits per heavy atom. The van der Waals surface area contributed by atoms with Crippen molar-refractivity contribution in [1.29, 1.82) is 0 Å². The monoisotopic (exact) mass is 272 g/mol. The number of urea groups is 1. The number of likely N-dealkylation sites (tertiary alicyclic amines) is 1. The van der Waals surface area contributed by atoms with Gasteiger partial charge in [-0.3, -0.25) is 0 Å². The first-order valence-electron chi connectivity index (χ1n) is 6.65. The van der Waals surface area contributed by atoms with Crippen LogP contribution >= 0.6 is 0 Å². The highest BCUT2D eigenvalue weighted by atomic mass is 16.4. The fraction of sp³-hybridized carbons (Fsp3) is 0.833. The number of hydrogen-bond donors (Lipinski definition) is 4. The van der Waals surface area contributed by atoms with Crippen molar-refractivity contribution in [2.75, 3.05) is 6.54 Å². The maximum absolute atomic E-state index is 12.0. The predicted molar refractivity (Wildman–Crippen MR) is 65.5 cm³/mol. The van der Waals surface area contributed by atoms with E-state index in [1.807, 2.05) is 0 Å². The van der Waals surface area contributed by atoms with Gasteiger partial charge in [0.25, 0.3) is 0 Å². The molecule has 2 fully saturated rings. The molecule has 0 bridgehead atoms. The van der Waals surface area contributed by atoms with Crippen molar-refractivity contribution >= 4 is 12.0 Å². The minimum atomic E-state index is -1.11. The van der Waals surface area contributed by atoms with Gasteiger partial charge in [-0.1, -0.05) is 12.8 Å². The van der Waals surface area contributed by atoms with Crippen molar-refractivity contribution in [3.8, 4) is 0 Å². The lowest BCUT2D eigenvalue weighted by Crippen LogP contribution is -2.53. The molecule has 7 heteroatoms. The summed E-state index contributed by atoms with van der Waals surface area (Å²) >= 11 is 0. The van der Waals surface area contributed by atoms with Crippen molar-refractivity contribution < 1.29 is 24.9 Å². The number of aliphatic carboxylic acids is 1. The van der Waals surface area contributed by atoms with Crippen molar-refractivity contribution in [1.82, 2.24) is 10.2 Å². The Labute approximate surface area is 111 Å². The van der Waals surface area contributed by atoms with E-state index >= 15 is 0 Å². The second kappa shape index (κ2) is 5.75. The molecule has 1 aliphatic heterocycles. The van der Waals surface area contributed by atoms with Crippen molar-refractivity contribution in [3.63, 3.8) is 0 Å². The van der Waals surface area contributed by atoms with Gasteiger partial charge < -0.3 is 25.5 Å². The van der Waals surface area contributed by atoms with Crippen LogP contribution in [-0.2, 0) is 4.79 Å². The summed E-state index contributed by atoms with van der Waals surface area (Å²) in [4.78, 5) is 24.2. The third-order valence-electron chi connectivity index (χ3n) is 3.86. The Bertz CT molecular complexity index is 362. The molecule has 2 unspecified atom stereocenters. The minimum absolute atomic E-state index is 0.0195. The van der Waals surface area contributed by atoms with E-state index in [0.29, 0.717) is 12.8 Å². The molecule has 0 aromatic carbocycles. The second-order valence-corrected chi connectivity index (χ2v) is 5.30. The molecular formula is C12H20N2O5. The first kappa shape index (κ1) is 14.1. The zero-order valence-corrected chi connectivity index (χ0v) is 10.7. The highest BCUT2D eigenvalue weighted by Gasteiger charge is 2.40. The lowest BCUT2D eigenvalue weighted by Gasteiger charge is -2.31. The summed E-state index contributed by atoms with van der Waals surface area (Å²) in [5.74, 6) is -1.11. The average Bonchev–Trinajstić information content (AvgIpc) is 2.74. The molecule has 4 atom stereocenters. The normalized spacial score (nSPS) is 35.2. The standard InChI is InChI=1S/C12H20N2O5/c15-7-5-9(11(17)18)14(6-7)12(19)13-8-3-1-2-4-10(8)16/h7-10,15-16H,1-6H2,(H,13,19)(H,17,18)/t7-,8?,9-,10?/m0/s1. The van der Waals surface area contributed by atoms with E-state index in [4.69, 9.17) is 5.11 Å². The molecule has 2 aliphatic rings. The predicted octanol–water partition coefficient (Wildman–Crippen LogP) is -0.481. The molecular weight excluding hydrogens is 252 g/mol. The number of aliphatic hydroxyl groups is 2. The van der Waals surface area contributed by atoms with Crippen LogP contribution in [0, 0.1) is 0 Å². The summed E-state index contributed by atoms with van der Waals surface area (Å²) in [6.45, 7) is 0.0195. The average molecular weight is 272 g/mol. The van der Waals surface area contributed by atoms with Crippen molar-refractivity contribution in [2.45, 2.75) is 56.4 Å². The van der Waals surface area contributed by atoms with Crippen LogP contribution in [0.3, 0.4) is 0 Å². The number of carboxylic acids is 1. The van der Waals surface area contributed by atoms with Crippen molar-refractivity contribution in [2.24, 2.45) is 0 Å². The van der Waals surface area contributed by atoms with Gasteiger partial charge >= 0.3 is 12.0 Å². The van der Waals surface area contributed by atoms with E-state index < -0.39 is 30.3 Å². The third kappa shape index (κ3) is 3.16. The number of amides is 2. The number of β-amino-alcohol motifs (C(OH)–C–C–N with tert-alkyl or cyclic N) is 1. The van der Waals surface area contributed by atoms with E-state index in [0.717, 1.165) is 17.7 Å². The summed E-state index contributed by atoms with van der Waals surface area (Å²) in [5.41, 5.74) is 0. The summed E-state index contributed by atoms with van der Waals surface area (Å²) in [7, 11) is 0. The summed E-state index contributed by atoms with van der Waals surface area (Å²) < 4.78 is 0. The molecule has 1 aliphatic carbocycles. The van der Waals surface area contributed by atoms with Gasteiger partial charge in [0.05, 0.1) is 18.2 Å². The minimum Gasteiger partial charge on any atom is -0.480 e. The molecule has 2 rings (SSSR count). The van der Waals surface area contributed by atoms with Gasteiger partial charge in [-0.05, 0) is 12.8 Å². The summed E-state index contributed by atoms with van der Waals surface area (Å²) in [6.07, 6.45) is 1.89. The van der Waals surface area contributed by atoms with Crippen molar-refractivity contribution in [3.05, 3.63) is 0 Å². The van der Waals surface area contributed by atoms with Crippen LogP contribution in [0.15, 0.2) is 0 Å². The Morgan fingerprint density at radius 3 is 2.47 bits per heavy atom. The molecule has 1 saturated heterocycles. The van der Waals surface area contributed by atoms with Crippen LogP contribution in [0.2, 0.25) is 0 Å². The zero-order chi connectivity index (χ0) is 14.0. The second-order valence-electron chi connectivity index (χ2n) is 5.30. The zero-order valence-electron chi connectivity index (χ0n) is 10.7. The molecule has 0 spiro atoms. The molecule has 0 radical (unpaired) electrons. The van der Waals surface area contributed by atoms with Crippen LogP contribution in [0.1, 0.15) is 32.1 Å². The number of carbonyl (C=O) groups excluding carboxylic acids is 1. The topological polar surface area (TPSA) is 110 Å². The van der Waals surface area contributed by atoms with Crippen LogP contribution < -0.4 is 5.32 Å². The maximum atomic E-state index is 12.0.